The van der Waals surface area contributed by atoms with E-state index in [-0.39, 0.29) is 62.6 Å². The molecule has 2 fully saturated rings. The molecule has 1 aromatic carbocycles. The van der Waals surface area contributed by atoms with Crippen LogP contribution in [0.25, 0.3) is 11.3 Å². The summed E-state index contributed by atoms with van der Waals surface area (Å²) in [6, 6.07) is 4.22. The van der Waals surface area contributed by atoms with Crippen LogP contribution in [0.4, 0.5) is 27.6 Å². The van der Waals surface area contributed by atoms with E-state index in [0.29, 0.717) is 32.4 Å². The van der Waals surface area contributed by atoms with E-state index >= 15 is 0 Å². The number of nitrogens with zero attached hydrogens (tertiary/aromatic N) is 6. The van der Waals surface area contributed by atoms with Gasteiger partial charge in [0, 0.05) is 51.0 Å². The van der Waals surface area contributed by atoms with Crippen LogP contribution >= 0.6 is 24.0 Å². The van der Waals surface area contributed by atoms with Crippen molar-refractivity contribution in [1.29, 1.82) is 0 Å². The van der Waals surface area contributed by atoms with Gasteiger partial charge in [0.15, 0.2) is 11.5 Å². The lowest BCUT2D eigenvalue weighted by Gasteiger charge is -2.37. The van der Waals surface area contributed by atoms with Crippen LogP contribution in [0.5, 0.6) is 0 Å². The van der Waals surface area contributed by atoms with Crippen LogP contribution in [-0.2, 0) is 18.0 Å². The molecule has 3 aromatic rings. The van der Waals surface area contributed by atoms with Crippen LogP contribution in [-0.4, -0.2) is 86.1 Å². The first-order valence-electron chi connectivity index (χ1n) is 13.7. The summed E-state index contributed by atoms with van der Waals surface area (Å²) in [6.45, 7) is -0.163. The third-order valence-electron chi connectivity index (χ3n) is 7.69. The van der Waals surface area contributed by atoms with Crippen molar-refractivity contribution < 1.29 is 36.3 Å². The minimum atomic E-state index is -5.03. The van der Waals surface area contributed by atoms with Gasteiger partial charge in [0.1, 0.15) is 0 Å². The fourth-order valence-electron chi connectivity index (χ4n) is 5.34. The van der Waals surface area contributed by atoms with Crippen LogP contribution in [0.1, 0.15) is 46.1 Å². The van der Waals surface area contributed by atoms with Gasteiger partial charge in [0.05, 0.1) is 28.0 Å². The zero-order chi connectivity index (χ0) is 31.8. The zero-order valence-corrected chi connectivity index (χ0v) is 25.4. The number of rotatable bonds is 6. The topological polar surface area (TPSA) is 117 Å². The van der Waals surface area contributed by atoms with Crippen molar-refractivity contribution in [1.82, 2.24) is 34.4 Å². The Balaban J connectivity index is 0.00000461. The van der Waals surface area contributed by atoms with E-state index in [1.807, 2.05) is 0 Å². The van der Waals surface area contributed by atoms with Crippen molar-refractivity contribution in [2.75, 3.05) is 44.6 Å². The van der Waals surface area contributed by atoms with E-state index in [1.165, 1.54) is 25.2 Å². The average Bonchev–Trinajstić information content (AvgIpc) is 3.61. The second kappa shape index (κ2) is 13.7. The molecule has 2 aliphatic heterocycles. The molecule has 2 aliphatic rings. The molecule has 11 nitrogen and oxygen atoms in total. The molecule has 18 heteroatoms. The number of carbonyl (C=O) groups excluding carboxylic acids is 3. The van der Waals surface area contributed by atoms with Crippen molar-refractivity contribution in [2.24, 2.45) is 13.0 Å². The molecule has 0 bridgehead atoms. The van der Waals surface area contributed by atoms with Gasteiger partial charge < -0.3 is 25.0 Å². The monoisotopic (exact) mass is 678 g/mol. The lowest BCUT2D eigenvalue weighted by Crippen LogP contribution is -2.52. The van der Waals surface area contributed by atoms with E-state index < -0.39 is 29.9 Å². The molecule has 2 saturated heterocycles. The Morgan fingerprint density at radius 1 is 1.07 bits per heavy atom. The SMILES string of the molecule is Cl.Cn1c(-c2cn(C(F)F)nc2C(F)(F)F)cnc1C(=O)Nc1ccc(C(=O)N2CCN(C(=O)C3CCNCC3)CC2)c(Cl)c1. The largest absolute Gasteiger partial charge is 0.435 e. The predicted molar refractivity (Wildman–Crippen MR) is 155 cm³/mol. The normalized spacial score (nSPS) is 16.1. The number of alkyl halides is 5. The average molecular weight is 679 g/mol. The molecule has 0 unspecified atom stereocenters. The molecule has 4 heterocycles. The van der Waals surface area contributed by atoms with E-state index in [9.17, 15) is 36.3 Å². The lowest BCUT2D eigenvalue weighted by atomic mass is 9.96. The molecular weight excluding hydrogens is 650 g/mol. The molecule has 0 saturated carbocycles. The highest BCUT2D eigenvalue weighted by atomic mass is 35.5. The molecule has 244 valence electrons. The summed E-state index contributed by atoms with van der Waals surface area (Å²) in [7, 11) is 1.26. The van der Waals surface area contributed by atoms with Crippen LogP contribution in [0.15, 0.2) is 30.6 Å². The maximum atomic E-state index is 13.5. The Labute approximate surface area is 265 Å². The second-order valence-electron chi connectivity index (χ2n) is 10.5. The van der Waals surface area contributed by atoms with E-state index in [1.54, 1.807) is 9.80 Å². The summed E-state index contributed by atoms with van der Waals surface area (Å²) in [5.41, 5.74) is -2.10. The number of amides is 3. The number of hydrogen-bond donors (Lipinski definition) is 2. The fourth-order valence-corrected chi connectivity index (χ4v) is 5.60. The number of hydrogen-bond acceptors (Lipinski definition) is 6. The number of benzene rings is 1. The minimum absolute atomic E-state index is 0. The Morgan fingerprint density at radius 3 is 2.31 bits per heavy atom. The quantitative estimate of drug-likeness (QED) is 0.376. The van der Waals surface area contributed by atoms with Crippen molar-refractivity contribution in [2.45, 2.75) is 25.6 Å². The number of anilines is 1. The summed E-state index contributed by atoms with van der Waals surface area (Å²) in [5.74, 6) is -1.36. The van der Waals surface area contributed by atoms with Crippen LogP contribution < -0.4 is 10.6 Å². The van der Waals surface area contributed by atoms with E-state index in [2.05, 4.69) is 20.7 Å². The third-order valence-corrected chi connectivity index (χ3v) is 8.00. The van der Waals surface area contributed by atoms with Crippen molar-refractivity contribution in [3.8, 4) is 11.3 Å². The van der Waals surface area contributed by atoms with Gasteiger partial charge in [0.25, 0.3) is 11.8 Å². The van der Waals surface area contributed by atoms with Crippen molar-refractivity contribution in [3.05, 3.63) is 52.7 Å². The highest BCUT2D eigenvalue weighted by molar-refractivity contribution is 6.34. The summed E-state index contributed by atoms with van der Waals surface area (Å²) < 4.78 is 67.4. The van der Waals surface area contributed by atoms with E-state index in [4.69, 9.17) is 11.6 Å². The number of imidazole rings is 1. The molecular formula is C27H29Cl2F5N8O3. The highest BCUT2D eigenvalue weighted by Crippen LogP contribution is 2.37. The van der Waals surface area contributed by atoms with E-state index in [0.717, 1.165) is 36.7 Å². The van der Waals surface area contributed by atoms with Gasteiger partial charge in [-0.3, -0.25) is 14.4 Å². The van der Waals surface area contributed by atoms with Crippen LogP contribution in [0.2, 0.25) is 5.02 Å². The van der Waals surface area contributed by atoms with Gasteiger partial charge in [-0.1, -0.05) is 11.6 Å². The van der Waals surface area contributed by atoms with Gasteiger partial charge in [-0.05, 0) is 44.1 Å². The van der Waals surface area contributed by atoms with Crippen molar-refractivity contribution >= 4 is 47.4 Å². The summed E-state index contributed by atoms with van der Waals surface area (Å²) in [5, 5.41) is 8.77. The Kier molecular flexibility index (Phi) is 10.4. The standard InChI is InChI=1S/C27H28ClF5N8O3.ClH/c1-38-20(18-14-41(26(29)30)37-21(18)27(31,32)33)13-35-22(38)23(42)36-16-2-3-17(19(28)12-16)25(44)40-10-8-39(9-11-40)24(43)15-4-6-34-7-5-15;/h2-3,12-15,26,34H,4-11H2,1H3,(H,36,42);1H. The predicted octanol–water partition coefficient (Wildman–Crippen LogP) is 4.31. The Morgan fingerprint density at radius 2 is 1.71 bits per heavy atom. The number of piperazine rings is 1. The number of piperidine rings is 1. The van der Waals surface area contributed by atoms with Gasteiger partial charge in [-0.2, -0.15) is 27.1 Å². The first kappa shape index (κ1) is 34.1. The molecule has 2 aromatic heterocycles. The Hall–Kier alpha value is -3.76. The highest BCUT2D eigenvalue weighted by Gasteiger charge is 2.39. The summed E-state index contributed by atoms with van der Waals surface area (Å²) in [6.07, 6.45) is -1.96. The summed E-state index contributed by atoms with van der Waals surface area (Å²) in [4.78, 5) is 46.2. The number of nitrogens with one attached hydrogen (secondary N) is 2. The molecule has 0 aliphatic carbocycles. The molecule has 5 rings (SSSR count). The number of carbonyl (C=O) groups is 3. The van der Waals surface area contributed by atoms with Gasteiger partial charge in [-0.15, -0.1) is 12.4 Å². The smallest absolute Gasteiger partial charge is 0.339 e. The number of aromatic nitrogens is 4. The van der Waals surface area contributed by atoms with Gasteiger partial charge >= 0.3 is 12.7 Å². The maximum Gasteiger partial charge on any atom is 0.435 e. The van der Waals surface area contributed by atoms with Gasteiger partial charge in [-0.25, -0.2) is 9.67 Å². The first-order valence-corrected chi connectivity index (χ1v) is 14.1. The Bertz CT molecular complexity index is 1560. The minimum Gasteiger partial charge on any atom is -0.339 e. The second-order valence-corrected chi connectivity index (χ2v) is 10.9. The summed E-state index contributed by atoms with van der Waals surface area (Å²) >= 11 is 6.39. The molecule has 45 heavy (non-hydrogen) atoms. The zero-order valence-electron chi connectivity index (χ0n) is 23.8. The molecule has 3 amide bonds. The first-order chi connectivity index (χ1) is 20.8. The third kappa shape index (κ3) is 7.23. The lowest BCUT2D eigenvalue weighted by molar-refractivity contribution is -0.141. The van der Waals surface area contributed by atoms with Gasteiger partial charge in [0.2, 0.25) is 5.91 Å². The molecule has 0 atom stereocenters. The van der Waals surface area contributed by atoms with Crippen LogP contribution in [0.3, 0.4) is 0 Å². The number of halogens is 7. The molecule has 0 spiro atoms. The van der Waals surface area contributed by atoms with Crippen molar-refractivity contribution in [3.63, 3.8) is 0 Å². The maximum absolute atomic E-state index is 13.5. The fraction of sp³-hybridized carbons (Fsp3) is 0.444. The van der Waals surface area contributed by atoms with Crippen LogP contribution in [0, 0.1) is 5.92 Å². The molecule has 0 radical (unpaired) electrons. The molecule has 2 N–H and O–H groups in total.